The van der Waals surface area contributed by atoms with Crippen molar-refractivity contribution in [2.24, 2.45) is 0 Å². The molecule has 0 radical (unpaired) electrons. The predicted molar refractivity (Wildman–Crippen MR) is 39.7 cm³/mol. The van der Waals surface area contributed by atoms with E-state index in [2.05, 4.69) is 16.6 Å². The lowest BCUT2D eigenvalue weighted by Gasteiger charge is -1.89. The van der Waals surface area contributed by atoms with E-state index in [9.17, 15) is 9.59 Å². The summed E-state index contributed by atoms with van der Waals surface area (Å²) in [4.78, 5) is 21.1. The molecule has 0 aromatic heterocycles. The van der Waals surface area contributed by atoms with Gasteiger partial charge in [-0.1, -0.05) is 6.92 Å². The van der Waals surface area contributed by atoms with Gasteiger partial charge < -0.3 is 4.74 Å². The first-order valence-corrected chi connectivity index (χ1v) is 3.42. The first-order valence-electron chi connectivity index (χ1n) is 3.42. The molecule has 0 bridgehead atoms. The van der Waals surface area contributed by atoms with Crippen molar-refractivity contribution in [3.63, 3.8) is 0 Å². The third-order valence-corrected chi connectivity index (χ3v) is 0.901. The van der Waals surface area contributed by atoms with Gasteiger partial charge in [0.2, 0.25) is 5.78 Å². The van der Waals surface area contributed by atoms with Crippen LogP contribution in [0.2, 0.25) is 0 Å². The van der Waals surface area contributed by atoms with Crippen LogP contribution < -0.4 is 0 Å². The lowest BCUT2D eigenvalue weighted by Crippen LogP contribution is -2.01. The van der Waals surface area contributed by atoms with Crippen LogP contribution in [0.1, 0.15) is 20.3 Å². The molecule has 3 nitrogen and oxygen atoms in total. The zero-order valence-electron chi connectivity index (χ0n) is 6.64. The fourth-order valence-corrected chi connectivity index (χ4v) is 0.376. The summed E-state index contributed by atoms with van der Waals surface area (Å²) in [6.07, 6.45) is 0.326. The van der Waals surface area contributed by atoms with Gasteiger partial charge in [-0.15, -0.1) is 0 Å². The molecule has 0 heterocycles. The SMILES string of the molecule is CCOC(=O)C#CC(=O)CC. The number of carbonyl (C=O) groups excluding carboxylic acids is 2. The lowest BCUT2D eigenvalue weighted by atomic mass is 10.3. The quantitative estimate of drug-likeness (QED) is 0.252. The van der Waals surface area contributed by atoms with Crippen LogP contribution in [0.25, 0.3) is 0 Å². The summed E-state index contributed by atoms with van der Waals surface area (Å²) in [6, 6.07) is 0. The largest absolute Gasteiger partial charge is 0.456 e. The molecule has 60 valence electrons. The van der Waals surface area contributed by atoms with Gasteiger partial charge in [0.05, 0.1) is 6.61 Å². The zero-order valence-corrected chi connectivity index (χ0v) is 6.64. The summed E-state index contributed by atoms with van der Waals surface area (Å²) in [6.45, 7) is 3.65. The average molecular weight is 154 g/mol. The van der Waals surface area contributed by atoms with Gasteiger partial charge in [-0.05, 0) is 12.8 Å². The van der Waals surface area contributed by atoms with Crippen LogP contribution in [-0.4, -0.2) is 18.4 Å². The fourth-order valence-electron chi connectivity index (χ4n) is 0.376. The summed E-state index contributed by atoms with van der Waals surface area (Å²) < 4.78 is 4.47. The van der Waals surface area contributed by atoms with Crippen LogP contribution in [0, 0.1) is 11.8 Å². The van der Waals surface area contributed by atoms with Crippen molar-refractivity contribution < 1.29 is 14.3 Å². The van der Waals surface area contributed by atoms with Crippen LogP contribution in [-0.2, 0) is 14.3 Å². The molecule has 0 N–H and O–H groups in total. The Morgan fingerprint density at radius 2 is 1.91 bits per heavy atom. The number of ether oxygens (including phenoxy) is 1. The van der Waals surface area contributed by atoms with E-state index in [1.807, 2.05) is 0 Å². The Morgan fingerprint density at radius 1 is 1.27 bits per heavy atom. The second kappa shape index (κ2) is 5.48. The van der Waals surface area contributed by atoms with Gasteiger partial charge in [0.15, 0.2) is 0 Å². The van der Waals surface area contributed by atoms with Gasteiger partial charge in [0.1, 0.15) is 0 Å². The van der Waals surface area contributed by atoms with Gasteiger partial charge in [-0.2, -0.15) is 0 Å². The van der Waals surface area contributed by atoms with Crippen molar-refractivity contribution in [2.75, 3.05) is 6.61 Å². The van der Waals surface area contributed by atoms with Crippen molar-refractivity contribution >= 4 is 11.8 Å². The minimum Gasteiger partial charge on any atom is -0.456 e. The molecule has 0 amide bonds. The second-order valence-corrected chi connectivity index (χ2v) is 1.75. The van der Waals surface area contributed by atoms with Gasteiger partial charge in [0, 0.05) is 12.3 Å². The van der Waals surface area contributed by atoms with E-state index >= 15 is 0 Å². The summed E-state index contributed by atoms with van der Waals surface area (Å²) in [5, 5.41) is 0. The van der Waals surface area contributed by atoms with Crippen molar-refractivity contribution in [1.29, 1.82) is 0 Å². The van der Waals surface area contributed by atoms with Crippen LogP contribution in [0.15, 0.2) is 0 Å². The van der Waals surface area contributed by atoms with Crippen LogP contribution in [0.5, 0.6) is 0 Å². The van der Waals surface area contributed by atoms with Gasteiger partial charge in [0.25, 0.3) is 0 Å². The van der Waals surface area contributed by atoms with E-state index < -0.39 is 5.97 Å². The number of esters is 1. The smallest absolute Gasteiger partial charge is 0.384 e. The number of hydrogen-bond acceptors (Lipinski definition) is 3. The molecular formula is C8H10O3. The molecule has 0 unspecified atom stereocenters. The monoisotopic (exact) mass is 154 g/mol. The molecule has 3 heteroatoms. The highest BCUT2D eigenvalue weighted by atomic mass is 16.5. The van der Waals surface area contributed by atoms with Crippen LogP contribution in [0.4, 0.5) is 0 Å². The molecule has 0 saturated heterocycles. The number of Topliss-reactive ketones (excluding diaryl/α,β-unsaturated/α-hetero) is 1. The topological polar surface area (TPSA) is 43.4 Å². The van der Waals surface area contributed by atoms with Crippen molar-refractivity contribution in [2.45, 2.75) is 20.3 Å². The molecule has 0 spiro atoms. The molecule has 0 saturated carbocycles. The summed E-state index contributed by atoms with van der Waals surface area (Å²) in [5.74, 6) is 3.33. The summed E-state index contributed by atoms with van der Waals surface area (Å²) in [5.41, 5.74) is 0. The third kappa shape index (κ3) is 5.16. The zero-order chi connectivity index (χ0) is 8.69. The number of rotatable bonds is 2. The molecule has 11 heavy (non-hydrogen) atoms. The van der Waals surface area contributed by atoms with Crippen molar-refractivity contribution in [3.05, 3.63) is 0 Å². The summed E-state index contributed by atoms with van der Waals surface area (Å²) >= 11 is 0. The van der Waals surface area contributed by atoms with Gasteiger partial charge >= 0.3 is 5.97 Å². The highest BCUT2D eigenvalue weighted by Gasteiger charge is 1.94. The minimum absolute atomic E-state index is 0.252. The van der Waals surface area contributed by atoms with Gasteiger partial charge in [-0.25, -0.2) is 4.79 Å². The minimum atomic E-state index is -0.644. The van der Waals surface area contributed by atoms with E-state index in [1.54, 1.807) is 13.8 Å². The highest BCUT2D eigenvalue weighted by Crippen LogP contribution is 1.78. The Bertz CT molecular complexity index is 207. The first kappa shape index (κ1) is 9.70. The number of ketones is 1. The predicted octanol–water partition coefficient (Wildman–Crippen LogP) is 0.532. The molecule has 0 aromatic rings. The maximum absolute atomic E-state index is 10.5. The van der Waals surface area contributed by atoms with E-state index in [0.717, 1.165) is 0 Å². The van der Waals surface area contributed by atoms with Crippen molar-refractivity contribution in [1.82, 2.24) is 0 Å². The number of hydrogen-bond donors (Lipinski definition) is 0. The van der Waals surface area contributed by atoms with E-state index in [4.69, 9.17) is 0 Å². The standard InChI is InChI=1S/C8H10O3/c1-3-7(9)5-6-8(10)11-4-2/h3-4H2,1-2H3. The molecule has 0 rings (SSSR count). The molecule has 0 fully saturated rings. The maximum Gasteiger partial charge on any atom is 0.384 e. The van der Waals surface area contributed by atoms with Crippen LogP contribution >= 0.6 is 0 Å². The molecule has 0 aliphatic heterocycles. The van der Waals surface area contributed by atoms with E-state index in [1.165, 1.54) is 0 Å². The molecular weight excluding hydrogens is 144 g/mol. The molecule has 0 aliphatic rings. The molecule has 0 aliphatic carbocycles. The Morgan fingerprint density at radius 3 is 2.36 bits per heavy atom. The van der Waals surface area contributed by atoms with E-state index in [-0.39, 0.29) is 12.4 Å². The van der Waals surface area contributed by atoms with Gasteiger partial charge in [-0.3, -0.25) is 4.79 Å². The van der Waals surface area contributed by atoms with E-state index in [0.29, 0.717) is 6.42 Å². The Labute approximate surface area is 65.7 Å². The Hall–Kier alpha value is -1.30. The van der Waals surface area contributed by atoms with Crippen molar-refractivity contribution in [3.8, 4) is 11.8 Å². The Kier molecular flexibility index (Phi) is 4.83. The summed E-state index contributed by atoms with van der Waals surface area (Å²) in [7, 11) is 0. The fraction of sp³-hybridized carbons (Fsp3) is 0.500. The lowest BCUT2D eigenvalue weighted by molar-refractivity contribution is -0.136. The maximum atomic E-state index is 10.5. The normalized spacial score (nSPS) is 7.82. The Balaban J connectivity index is 3.86. The second-order valence-electron chi connectivity index (χ2n) is 1.75. The third-order valence-electron chi connectivity index (χ3n) is 0.901. The molecule has 0 aromatic carbocycles. The van der Waals surface area contributed by atoms with Crippen LogP contribution in [0.3, 0.4) is 0 Å². The number of carbonyl (C=O) groups is 2. The molecule has 0 atom stereocenters. The average Bonchev–Trinajstić information content (AvgIpc) is 2.01. The highest BCUT2D eigenvalue weighted by molar-refractivity contribution is 6.01. The first-order chi connectivity index (χ1) is 5.20.